The van der Waals surface area contributed by atoms with Gasteiger partial charge in [0, 0.05) is 6.20 Å². The van der Waals surface area contributed by atoms with E-state index in [-0.39, 0.29) is 0 Å². The fourth-order valence-electron chi connectivity index (χ4n) is 1.68. The number of thiazole rings is 1. The standard InChI is InChI=1S/C13H15NOS/c1-2-3-10-4-6-11(7-5-10)13(15)12-8-14-9-16-12/h4-9,13,15H,2-3H2,1H3. The number of benzene rings is 1. The molecule has 0 aliphatic carbocycles. The van der Waals surface area contributed by atoms with Crippen LogP contribution in [0.3, 0.4) is 0 Å². The number of hydrogen-bond acceptors (Lipinski definition) is 3. The fourth-order valence-corrected chi connectivity index (χ4v) is 2.31. The van der Waals surface area contributed by atoms with Gasteiger partial charge in [0.05, 0.1) is 10.4 Å². The number of aromatic nitrogens is 1. The summed E-state index contributed by atoms with van der Waals surface area (Å²) in [4.78, 5) is 4.87. The molecule has 0 saturated heterocycles. The van der Waals surface area contributed by atoms with Crippen LogP contribution in [0.1, 0.15) is 35.5 Å². The minimum atomic E-state index is -0.539. The molecule has 16 heavy (non-hydrogen) atoms. The first-order chi connectivity index (χ1) is 7.81. The van der Waals surface area contributed by atoms with Crippen molar-refractivity contribution in [3.05, 3.63) is 52.0 Å². The van der Waals surface area contributed by atoms with Gasteiger partial charge in [-0.25, -0.2) is 0 Å². The van der Waals surface area contributed by atoms with Crippen LogP contribution in [0.4, 0.5) is 0 Å². The van der Waals surface area contributed by atoms with Crippen molar-refractivity contribution in [3.63, 3.8) is 0 Å². The van der Waals surface area contributed by atoms with Crippen LogP contribution >= 0.6 is 11.3 Å². The second-order valence-electron chi connectivity index (χ2n) is 3.80. The topological polar surface area (TPSA) is 33.1 Å². The summed E-state index contributed by atoms with van der Waals surface area (Å²) in [7, 11) is 0. The predicted octanol–water partition coefficient (Wildman–Crippen LogP) is 3.18. The highest BCUT2D eigenvalue weighted by Crippen LogP contribution is 2.24. The molecule has 0 radical (unpaired) electrons. The molecule has 1 aromatic heterocycles. The van der Waals surface area contributed by atoms with Gasteiger partial charge >= 0.3 is 0 Å². The zero-order valence-corrected chi connectivity index (χ0v) is 10.1. The molecule has 2 nitrogen and oxygen atoms in total. The van der Waals surface area contributed by atoms with Crippen molar-refractivity contribution in [1.82, 2.24) is 4.98 Å². The Hall–Kier alpha value is -1.19. The van der Waals surface area contributed by atoms with Crippen molar-refractivity contribution in [2.75, 3.05) is 0 Å². The van der Waals surface area contributed by atoms with E-state index in [4.69, 9.17) is 0 Å². The Morgan fingerprint density at radius 1 is 1.31 bits per heavy atom. The van der Waals surface area contributed by atoms with E-state index in [0.29, 0.717) is 0 Å². The summed E-state index contributed by atoms with van der Waals surface area (Å²) in [5.41, 5.74) is 4.00. The summed E-state index contributed by atoms with van der Waals surface area (Å²) in [5, 5.41) is 10.1. The molecule has 1 N–H and O–H groups in total. The third-order valence-corrected chi connectivity index (χ3v) is 3.38. The zero-order chi connectivity index (χ0) is 11.4. The summed E-state index contributed by atoms with van der Waals surface area (Å²) >= 11 is 1.48. The first kappa shape index (κ1) is 11.3. The lowest BCUT2D eigenvalue weighted by molar-refractivity contribution is 0.224. The lowest BCUT2D eigenvalue weighted by atomic mass is 10.0. The van der Waals surface area contributed by atoms with Crippen molar-refractivity contribution in [1.29, 1.82) is 0 Å². The molecule has 0 spiro atoms. The second kappa shape index (κ2) is 5.23. The molecule has 1 atom stereocenters. The number of hydrogen-bond donors (Lipinski definition) is 1. The first-order valence-corrected chi connectivity index (χ1v) is 6.34. The SMILES string of the molecule is CCCc1ccc(C(O)c2cncs2)cc1. The lowest BCUT2D eigenvalue weighted by Crippen LogP contribution is -1.97. The number of rotatable bonds is 4. The third-order valence-electron chi connectivity index (χ3n) is 2.56. The van der Waals surface area contributed by atoms with Gasteiger partial charge in [-0.05, 0) is 17.5 Å². The van der Waals surface area contributed by atoms with Crippen LogP contribution in [0.2, 0.25) is 0 Å². The molecule has 0 aliphatic rings. The van der Waals surface area contributed by atoms with Crippen LogP contribution in [-0.4, -0.2) is 10.1 Å². The van der Waals surface area contributed by atoms with Crippen LogP contribution < -0.4 is 0 Å². The highest BCUT2D eigenvalue weighted by Gasteiger charge is 2.11. The summed E-state index contributed by atoms with van der Waals surface area (Å²) in [5.74, 6) is 0. The third kappa shape index (κ3) is 2.49. The Balaban J connectivity index is 2.15. The van der Waals surface area contributed by atoms with Crippen molar-refractivity contribution in [2.45, 2.75) is 25.9 Å². The van der Waals surface area contributed by atoms with Gasteiger partial charge in [0.15, 0.2) is 0 Å². The van der Waals surface area contributed by atoms with Crippen molar-refractivity contribution >= 4 is 11.3 Å². The number of nitrogens with zero attached hydrogens (tertiary/aromatic N) is 1. The normalized spacial score (nSPS) is 12.6. The van der Waals surface area contributed by atoms with E-state index in [1.165, 1.54) is 16.9 Å². The first-order valence-electron chi connectivity index (χ1n) is 5.46. The van der Waals surface area contributed by atoms with Crippen LogP contribution in [0, 0.1) is 0 Å². The molecule has 3 heteroatoms. The van der Waals surface area contributed by atoms with E-state index in [0.717, 1.165) is 23.3 Å². The Kier molecular flexibility index (Phi) is 3.70. The minimum Gasteiger partial charge on any atom is -0.383 e. The summed E-state index contributed by atoms with van der Waals surface area (Å²) < 4.78 is 0. The van der Waals surface area contributed by atoms with Gasteiger partial charge in [0.25, 0.3) is 0 Å². The molecule has 0 aliphatic heterocycles. The monoisotopic (exact) mass is 233 g/mol. The summed E-state index contributed by atoms with van der Waals surface area (Å²) in [6.45, 7) is 2.17. The molecule has 0 bridgehead atoms. The van der Waals surface area contributed by atoms with E-state index in [9.17, 15) is 5.11 Å². The summed E-state index contributed by atoms with van der Waals surface area (Å²) in [6.07, 6.45) is 3.42. The fraction of sp³-hybridized carbons (Fsp3) is 0.308. The van der Waals surface area contributed by atoms with Crippen LogP contribution in [0.5, 0.6) is 0 Å². The van der Waals surface area contributed by atoms with E-state index in [1.54, 1.807) is 11.7 Å². The van der Waals surface area contributed by atoms with Gasteiger partial charge in [-0.15, -0.1) is 11.3 Å². The van der Waals surface area contributed by atoms with Crippen LogP contribution in [0.15, 0.2) is 36.0 Å². The zero-order valence-electron chi connectivity index (χ0n) is 9.26. The predicted molar refractivity (Wildman–Crippen MR) is 66.6 cm³/mol. The molecule has 0 amide bonds. The van der Waals surface area contributed by atoms with Crippen molar-refractivity contribution in [2.24, 2.45) is 0 Å². The molecular weight excluding hydrogens is 218 g/mol. The minimum absolute atomic E-state index is 0.539. The van der Waals surface area contributed by atoms with Gasteiger partial charge in [-0.2, -0.15) is 0 Å². The van der Waals surface area contributed by atoms with Crippen molar-refractivity contribution < 1.29 is 5.11 Å². The number of aryl methyl sites for hydroxylation is 1. The molecule has 0 saturated carbocycles. The molecule has 1 unspecified atom stereocenters. The highest BCUT2D eigenvalue weighted by molar-refractivity contribution is 7.09. The quantitative estimate of drug-likeness (QED) is 0.879. The molecular formula is C13H15NOS. The van der Waals surface area contributed by atoms with Gasteiger partial charge < -0.3 is 5.11 Å². The maximum atomic E-state index is 10.1. The maximum Gasteiger partial charge on any atom is 0.115 e. The Labute approximate surface area is 99.6 Å². The largest absolute Gasteiger partial charge is 0.383 e. The number of aliphatic hydroxyl groups is 1. The molecule has 2 rings (SSSR count). The summed E-state index contributed by atoms with van der Waals surface area (Å²) in [6, 6.07) is 8.16. The van der Waals surface area contributed by atoms with E-state index in [1.807, 2.05) is 12.1 Å². The number of aliphatic hydroxyl groups excluding tert-OH is 1. The van der Waals surface area contributed by atoms with E-state index >= 15 is 0 Å². The molecule has 2 aromatic rings. The molecule has 1 heterocycles. The Morgan fingerprint density at radius 3 is 2.62 bits per heavy atom. The average molecular weight is 233 g/mol. The maximum absolute atomic E-state index is 10.1. The van der Waals surface area contributed by atoms with E-state index in [2.05, 4.69) is 24.0 Å². The molecule has 84 valence electrons. The molecule has 0 fully saturated rings. The smallest absolute Gasteiger partial charge is 0.115 e. The van der Waals surface area contributed by atoms with Gasteiger partial charge in [-0.3, -0.25) is 4.98 Å². The lowest BCUT2D eigenvalue weighted by Gasteiger charge is -2.09. The average Bonchev–Trinajstić information content (AvgIpc) is 2.83. The van der Waals surface area contributed by atoms with Gasteiger partial charge in [0.2, 0.25) is 0 Å². The van der Waals surface area contributed by atoms with Gasteiger partial charge in [0.1, 0.15) is 6.10 Å². The van der Waals surface area contributed by atoms with Crippen molar-refractivity contribution in [3.8, 4) is 0 Å². The second-order valence-corrected chi connectivity index (χ2v) is 4.72. The van der Waals surface area contributed by atoms with Crippen LogP contribution in [0.25, 0.3) is 0 Å². The Bertz CT molecular complexity index is 422. The van der Waals surface area contributed by atoms with Crippen LogP contribution in [-0.2, 0) is 6.42 Å². The Morgan fingerprint density at radius 2 is 2.06 bits per heavy atom. The van der Waals surface area contributed by atoms with E-state index < -0.39 is 6.10 Å². The highest BCUT2D eigenvalue weighted by atomic mass is 32.1. The van der Waals surface area contributed by atoms with Gasteiger partial charge in [-0.1, -0.05) is 37.6 Å². The molecule has 1 aromatic carbocycles.